The second kappa shape index (κ2) is 7.85. The van der Waals surface area contributed by atoms with Crippen molar-refractivity contribution in [2.45, 2.75) is 0 Å². The number of nitrogens with two attached hydrogens (primary N) is 1. The molecule has 0 spiro atoms. The van der Waals surface area contributed by atoms with Crippen LogP contribution >= 0.6 is 0 Å². The molecule has 0 unspecified atom stereocenters. The van der Waals surface area contributed by atoms with Crippen molar-refractivity contribution in [3.8, 4) is 0 Å². The molecule has 3 N–H and O–H groups in total. The molecule has 3 heterocycles. The fourth-order valence-corrected chi connectivity index (χ4v) is 2.73. The molecule has 0 radical (unpaired) electrons. The van der Waals surface area contributed by atoms with E-state index in [-0.39, 0.29) is 17.5 Å². The highest BCUT2D eigenvalue weighted by molar-refractivity contribution is 6.03. The summed E-state index contributed by atoms with van der Waals surface area (Å²) in [5, 5.41) is 2.67. The van der Waals surface area contributed by atoms with Gasteiger partial charge in [0.1, 0.15) is 11.5 Å². The average Bonchev–Trinajstić information content (AvgIpc) is 2.69. The van der Waals surface area contributed by atoms with Gasteiger partial charge in [0.15, 0.2) is 5.82 Å². The van der Waals surface area contributed by atoms with Crippen molar-refractivity contribution in [2.75, 3.05) is 56.2 Å². The summed E-state index contributed by atoms with van der Waals surface area (Å²) in [5.74, 6) is 0.534. The third-order valence-electron chi connectivity index (χ3n) is 4.20. The van der Waals surface area contributed by atoms with Crippen LogP contribution < -0.4 is 16.0 Å². The molecule has 1 fully saturated rings. The monoisotopic (exact) mass is 370 g/mol. The molecule has 10 nitrogen and oxygen atoms in total. The predicted octanol–water partition coefficient (Wildman–Crippen LogP) is 0.510. The van der Waals surface area contributed by atoms with Crippen LogP contribution in [0.15, 0.2) is 30.7 Å². The summed E-state index contributed by atoms with van der Waals surface area (Å²) < 4.78 is 0. The second-order valence-corrected chi connectivity index (χ2v) is 6.30. The van der Waals surface area contributed by atoms with Crippen LogP contribution in [0.2, 0.25) is 0 Å². The zero-order valence-corrected chi connectivity index (χ0v) is 15.3. The Balaban J connectivity index is 1.69. The van der Waals surface area contributed by atoms with Crippen molar-refractivity contribution in [3.63, 3.8) is 0 Å². The first-order valence-corrected chi connectivity index (χ1v) is 8.51. The molecule has 142 valence electrons. The predicted molar refractivity (Wildman–Crippen MR) is 102 cm³/mol. The van der Waals surface area contributed by atoms with Gasteiger partial charge in [0.2, 0.25) is 0 Å². The normalized spacial score (nSPS) is 14.0. The smallest absolute Gasteiger partial charge is 0.319 e. The van der Waals surface area contributed by atoms with Gasteiger partial charge in [-0.05, 0) is 12.1 Å². The number of carbonyl (C=O) groups is 2. The van der Waals surface area contributed by atoms with E-state index >= 15 is 0 Å². The Labute approximate surface area is 157 Å². The maximum atomic E-state index is 12.3. The van der Waals surface area contributed by atoms with Crippen LogP contribution in [-0.4, -0.2) is 77.0 Å². The number of carbonyl (C=O) groups excluding carboxylic acids is 2. The number of aromatic nitrogens is 3. The molecule has 0 bridgehead atoms. The van der Waals surface area contributed by atoms with E-state index < -0.39 is 5.91 Å². The minimum atomic E-state index is -0.430. The van der Waals surface area contributed by atoms with Crippen molar-refractivity contribution in [1.82, 2.24) is 24.8 Å². The van der Waals surface area contributed by atoms with E-state index in [1.54, 1.807) is 36.0 Å². The number of rotatable bonds is 3. The summed E-state index contributed by atoms with van der Waals surface area (Å²) in [5.41, 5.74) is 6.49. The Kier molecular flexibility index (Phi) is 5.34. The zero-order chi connectivity index (χ0) is 19.4. The van der Waals surface area contributed by atoms with Gasteiger partial charge >= 0.3 is 6.03 Å². The molecule has 1 aliphatic heterocycles. The Morgan fingerprint density at radius 3 is 2.52 bits per heavy atom. The Bertz CT molecular complexity index is 819. The fourth-order valence-electron chi connectivity index (χ4n) is 2.73. The number of urea groups is 1. The molecule has 2 aromatic heterocycles. The number of pyridine rings is 1. The van der Waals surface area contributed by atoms with Crippen LogP contribution in [0, 0.1) is 0 Å². The lowest BCUT2D eigenvalue weighted by Crippen LogP contribution is -2.51. The molecule has 1 aliphatic rings. The highest BCUT2D eigenvalue weighted by Crippen LogP contribution is 2.22. The largest absolute Gasteiger partial charge is 0.396 e. The third kappa shape index (κ3) is 4.22. The van der Waals surface area contributed by atoms with E-state index in [1.165, 1.54) is 18.6 Å². The molecule has 1 saturated heterocycles. The molecular weight excluding hydrogens is 348 g/mol. The standard InChI is InChI=1S/C17H22N8O2/c1-23(2)17(27)25-9-7-24(8-10-25)14-4-3-12(18)15(21-14)22-16(26)13-11-19-5-6-20-13/h3-6,11H,7-10,18H2,1-2H3,(H,21,22,26). The van der Waals surface area contributed by atoms with E-state index in [0.29, 0.717) is 37.7 Å². The quantitative estimate of drug-likeness (QED) is 0.807. The number of nitrogens with zero attached hydrogens (tertiary/aromatic N) is 6. The van der Waals surface area contributed by atoms with Crippen LogP contribution in [0.25, 0.3) is 0 Å². The summed E-state index contributed by atoms with van der Waals surface area (Å²) in [6.07, 6.45) is 4.30. The summed E-state index contributed by atoms with van der Waals surface area (Å²) >= 11 is 0. The first-order chi connectivity index (χ1) is 13.0. The number of hydrogen-bond acceptors (Lipinski definition) is 7. The lowest BCUT2D eigenvalue weighted by Gasteiger charge is -2.36. The van der Waals surface area contributed by atoms with Gasteiger partial charge in [-0.25, -0.2) is 14.8 Å². The van der Waals surface area contributed by atoms with Gasteiger partial charge < -0.3 is 25.8 Å². The van der Waals surface area contributed by atoms with E-state index in [9.17, 15) is 9.59 Å². The molecule has 0 atom stereocenters. The van der Waals surface area contributed by atoms with Crippen molar-refractivity contribution in [3.05, 3.63) is 36.4 Å². The van der Waals surface area contributed by atoms with Gasteiger partial charge in [0, 0.05) is 52.7 Å². The van der Waals surface area contributed by atoms with Crippen molar-refractivity contribution in [2.24, 2.45) is 0 Å². The highest BCUT2D eigenvalue weighted by atomic mass is 16.2. The van der Waals surface area contributed by atoms with Crippen LogP contribution in [0.5, 0.6) is 0 Å². The molecule has 0 aliphatic carbocycles. The van der Waals surface area contributed by atoms with Crippen LogP contribution in [0.4, 0.5) is 22.1 Å². The van der Waals surface area contributed by atoms with Crippen molar-refractivity contribution >= 4 is 29.3 Å². The maximum absolute atomic E-state index is 12.3. The molecular formula is C17H22N8O2. The molecule has 3 rings (SSSR count). The van der Waals surface area contributed by atoms with Gasteiger partial charge in [0.05, 0.1) is 11.9 Å². The molecule has 0 aromatic carbocycles. The van der Waals surface area contributed by atoms with E-state index in [0.717, 1.165) is 0 Å². The third-order valence-corrected chi connectivity index (χ3v) is 4.20. The topological polar surface area (TPSA) is 121 Å². The molecule has 2 aromatic rings. The molecule has 0 saturated carbocycles. The summed E-state index contributed by atoms with van der Waals surface area (Å²) in [4.78, 5) is 42.0. The molecule has 10 heteroatoms. The van der Waals surface area contributed by atoms with E-state index in [4.69, 9.17) is 5.73 Å². The average molecular weight is 370 g/mol. The number of piperazine rings is 1. The van der Waals surface area contributed by atoms with Gasteiger partial charge in [0.25, 0.3) is 5.91 Å². The van der Waals surface area contributed by atoms with Crippen molar-refractivity contribution in [1.29, 1.82) is 0 Å². The van der Waals surface area contributed by atoms with Crippen LogP contribution in [0.1, 0.15) is 10.5 Å². The van der Waals surface area contributed by atoms with Gasteiger partial charge in [-0.15, -0.1) is 0 Å². The Morgan fingerprint density at radius 2 is 1.89 bits per heavy atom. The lowest BCUT2D eigenvalue weighted by molar-refractivity contribution is 0.102. The minimum Gasteiger partial charge on any atom is -0.396 e. The SMILES string of the molecule is CN(C)C(=O)N1CCN(c2ccc(N)c(NC(=O)c3cnccn3)n2)CC1. The molecule has 3 amide bonds. The second-order valence-electron chi connectivity index (χ2n) is 6.30. The minimum absolute atomic E-state index is 0.00293. The lowest BCUT2D eigenvalue weighted by atomic mass is 10.3. The Morgan fingerprint density at radius 1 is 1.15 bits per heavy atom. The number of anilines is 3. The van der Waals surface area contributed by atoms with Gasteiger partial charge in [-0.2, -0.15) is 0 Å². The fraction of sp³-hybridized carbons (Fsp3) is 0.353. The molecule has 27 heavy (non-hydrogen) atoms. The van der Waals surface area contributed by atoms with Crippen molar-refractivity contribution < 1.29 is 9.59 Å². The Hall–Kier alpha value is -3.43. The summed E-state index contributed by atoms with van der Waals surface area (Å²) in [7, 11) is 3.48. The van der Waals surface area contributed by atoms with Crippen LogP contribution in [-0.2, 0) is 0 Å². The number of hydrogen-bond donors (Lipinski definition) is 2. The summed E-state index contributed by atoms with van der Waals surface area (Å²) in [6, 6.07) is 3.50. The van der Waals surface area contributed by atoms with E-state index in [2.05, 4.69) is 25.2 Å². The first-order valence-electron chi connectivity index (χ1n) is 8.51. The van der Waals surface area contributed by atoms with Gasteiger partial charge in [-0.3, -0.25) is 9.78 Å². The first kappa shape index (κ1) is 18.4. The van der Waals surface area contributed by atoms with Gasteiger partial charge in [-0.1, -0.05) is 0 Å². The number of nitrogen functional groups attached to an aromatic ring is 1. The number of amides is 3. The maximum Gasteiger partial charge on any atom is 0.319 e. The summed E-state index contributed by atoms with van der Waals surface area (Å²) in [6.45, 7) is 2.50. The highest BCUT2D eigenvalue weighted by Gasteiger charge is 2.23. The van der Waals surface area contributed by atoms with Crippen LogP contribution in [0.3, 0.4) is 0 Å². The number of nitrogens with one attached hydrogen (secondary N) is 1. The van der Waals surface area contributed by atoms with E-state index in [1.807, 2.05) is 0 Å². The zero-order valence-electron chi connectivity index (χ0n) is 15.3.